The summed E-state index contributed by atoms with van der Waals surface area (Å²) in [5, 5.41) is 18.8. The maximum absolute atomic E-state index is 13.3. The van der Waals surface area contributed by atoms with E-state index in [2.05, 4.69) is 0 Å². The molecule has 156 valence electrons. The highest BCUT2D eigenvalue weighted by molar-refractivity contribution is 7.99. The molecule has 0 aliphatic heterocycles. The zero-order valence-electron chi connectivity index (χ0n) is 16.9. The predicted octanol–water partition coefficient (Wildman–Crippen LogP) is 3.65. The van der Waals surface area contributed by atoms with Crippen LogP contribution in [-0.2, 0) is 4.79 Å². The monoisotopic (exact) mass is 423 g/mol. The lowest BCUT2D eigenvalue weighted by Crippen LogP contribution is -2.34. The Morgan fingerprint density at radius 3 is 2.47 bits per heavy atom. The molecule has 1 aromatic carbocycles. The summed E-state index contributed by atoms with van der Waals surface area (Å²) >= 11 is 1.27. The van der Waals surface area contributed by atoms with Gasteiger partial charge in [0.1, 0.15) is 0 Å². The van der Waals surface area contributed by atoms with E-state index in [-0.39, 0.29) is 36.1 Å². The van der Waals surface area contributed by atoms with E-state index in [1.807, 2.05) is 30.3 Å². The molecule has 1 heterocycles. The van der Waals surface area contributed by atoms with Crippen LogP contribution in [0.5, 0.6) is 0 Å². The number of nitrogens with zero attached hydrogens (tertiary/aromatic N) is 5. The molecular formula is C22H25N5O2S. The lowest BCUT2D eigenvalue weighted by molar-refractivity contribution is -0.128. The summed E-state index contributed by atoms with van der Waals surface area (Å²) in [4.78, 5) is 32.2. The third-order valence-corrected chi connectivity index (χ3v) is 6.32. The molecule has 1 fully saturated rings. The lowest BCUT2D eigenvalue weighted by Gasteiger charge is -2.26. The Balaban J connectivity index is 1.87. The van der Waals surface area contributed by atoms with Crippen LogP contribution in [0, 0.1) is 22.7 Å². The molecule has 1 aliphatic rings. The molecule has 0 N–H and O–H groups in total. The summed E-state index contributed by atoms with van der Waals surface area (Å²) in [7, 11) is 0. The Bertz CT molecular complexity index is 1010. The van der Waals surface area contributed by atoms with Gasteiger partial charge in [0.15, 0.2) is 5.16 Å². The first-order valence-corrected chi connectivity index (χ1v) is 11.3. The van der Waals surface area contributed by atoms with E-state index in [4.69, 9.17) is 15.5 Å². The fourth-order valence-electron chi connectivity index (χ4n) is 3.84. The molecule has 1 aromatic heterocycles. The second-order valence-corrected chi connectivity index (χ2v) is 8.31. The minimum Gasteiger partial charge on any atom is -0.340 e. The maximum Gasteiger partial charge on any atom is 0.262 e. The number of fused-ring (bicyclic) bond motifs is 1. The first kappa shape index (κ1) is 21.9. The van der Waals surface area contributed by atoms with Gasteiger partial charge < -0.3 is 4.90 Å². The number of amides is 1. The number of nitriles is 2. The number of thioether (sulfide) groups is 1. The number of benzene rings is 1. The van der Waals surface area contributed by atoms with Crippen LogP contribution in [0.15, 0.2) is 34.2 Å². The molecule has 0 unspecified atom stereocenters. The van der Waals surface area contributed by atoms with Gasteiger partial charge >= 0.3 is 0 Å². The molecule has 0 bridgehead atoms. The summed E-state index contributed by atoms with van der Waals surface area (Å²) in [6, 6.07) is 11.5. The van der Waals surface area contributed by atoms with E-state index in [0.29, 0.717) is 29.1 Å². The van der Waals surface area contributed by atoms with Gasteiger partial charge in [-0.2, -0.15) is 10.5 Å². The van der Waals surface area contributed by atoms with Gasteiger partial charge in [-0.3, -0.25) is 14.2 Å². The molecule has 0 saturated heterocycles. The molecule has 1 saturated carbocycles. The van der Waals surface area contributed by atoms with E-state index in [9.17, 15) is 9.59 Å². The summed E-state index contributed by atoms with van der Waals surface area (Å²) < 4.78 is 1.79. The van der Waals surface area contributed by atoms with Gasteiger partial charge in [0.05, 0.1) is 41.6 Å². The topological polar surface area (TPSA) is 103 Å². The summed E-state index contributed by atoms with van der Waals surface area (Å²) in [5.41, 5.74) is 0.587. The van der Waals surface area contributed by atoms with Crippen LogP contribution in [0.4, 0.5) is 0 Å². The molecule has 0 radical (unpaired) electrons. The average Bonchev–Trinajstić information content (AvgIpc) is 2.78. The molecular weight excluding hydrogens is 398 g/mol. The minimum absolute atomic E-state index is 0.0479. The van der Waals surface area contributed by atoms with Crippen LogP contribution in [0.3, 0.4) is 0 Å². The van der Waals surface area contributed by atoms with Gasteiger partial charge in [-0.1, -0.05) is 43.2 Å². The zero-order valence-corrected chi connectivity index (χ0v) is 17.7. The molecule has 0 spiro atoms. The standard InChI is InChI=1S/C22H25N5O2S/c23-12-6-14-26(15-7-13-24)20(28)16-30-22-25-19-11-5-4-10-18(19)21(29)27(22)17-8-2-1-3-9-17/h4-5,10-11,17H,1-3,6-9,14-16H2. The van der Waals surface area contributed by atoms with Crippen molar-refractivity contribution in [1.29, 1.82) is 10.5 Å². The van der Waals surface area contributed by atoms with Crippen molar-refractivity contribution in [2.24, 2.45) is 0 Å². The van der Waals surface area contributed by atoms with Gasteiger partial charge in [-0.25, -0.2) is 4.98 Å². The summed E-state index contributed by atoms with van der Waals surface area (Å²) in [5.74, 6) is -0.0305. The Morgan fingerprint density at radius 2 is 1.80 bits per heavy atom. The van der Waals surface area contributed by atoms with E-state index < -0.39 is 0 Å². The Labute approximate surface area is 180 Å². The molecule has 3 rings (SSSR count). The van der Waals surface area contributed by atoms with Crippen molar-refractivity contribution in [2.75, 3.05) is 18.8 Å². The number of aromatic nitrogens is 2. The fraction of sp³-hybridized carbons (Fsp3) is 0.500. The number of carbonyl (C=O) groups excluding carboxylic acids is 1. The van der Waals surface area contributed by atoms with Gasteiger partial charge in [0, 0.05) is 19.1 Å². The normalized spacial score (nSPS) is 14.2. The van der Waals surface area contributed by atoms with Crippen molar-refractivity contribution < 1.29 is 4.79 Å². The molecule has 1 amide bonds. The zero-order chi connectivity index (χ0) is 21.3. The second-order valence-electron chi connectivity index (χ2n) is 7.36. The van der Waals surface area contributed by atoms with Crippen molar-refractivity contribution in [3.63, 3.8) is 0 Å². The molecule has 7 nitrogen and oxygen atoms in total. The fourth-order valence-corrected chi connectivity index (χ4v) is 4.81. The third-order valence-electron chi connectivity index (χ3n) is 5.38. The van der Waals surface area contributed by atoms with Gasteiger partial charge in [0.2, 0.25) is 5.91 Å². The van der Waals surface area contributed by atoms with Gasteiger partial charge in [-0.05, 0) is 25.0 Å². The molecule has 1 aliphatic carbocycles. The van der Waals surface area contributed by atoms with Crippen LogP contribution >= 0.6 is 11.8 Å². The molecule has 8 heteroatoms. The number of rotatable bonds is 8. The Hall–Kier alpha value is -2.84. The van der Waals surface area contributed by atoms with Crippen LogP contribution in [0.2, 0.25) is 0 Å². The Morgan fingerprint density at radius 1 is 1.13 bits per heavy atom. The van der Waals surface area contributed by atoms with Crippen molar-refractivity contribution >= 4 is 28.6 Å². The number of hydrogen-bond donors (Lipinski definition) is 0. The van der Waals surface area contributed by atoms with Crippen LogP contribution in [0.25, 0.3) is 10.9 Å². The SMILES string of the molecule is N#CCCN(CCC#N)C(=O)CSc1nc2ccccc2c(=O)n1C1CCCCC1. The third kappa shape index (κ3) is 5.20. The van der Waals surface area contributed by atoms with E-state index in [1.165, 1.54) is 18.2 Å². The van der Waals surface area contributed by atoms with E-state index in [0.717, 1.165) is 25.7 Å². The molecule has 0 atom stereocenters. The molecule has 2 aromatic rings. The van der Waals surface area contributed by atoms with Crippen molar-refractivity contribution in [3.8, 4) is 12.1 Å². The first-order valence-electron chi connectivity index (χ1n) is 10.3. The van der Waals surface area contributed by atoms with Crippen LogP contribution in [0.1, 0.15) is 51.0 Å². The Kier molecular flexibility index (Phi) is 7.87. The van der Waals surface area contributed by atoms with Crippen LogP contribution in [-0.4, -0.2) is 39.2 Å². The number of carbonyl (C=O) groups is 1. The van der Waals surface area contributed by atoms with E-state index in [1.54, 1.807) is 15.5 Å². The second kappa shape index (κ2) is 10.8. The van der Waals surface area contributed by atoms with Crippen molar-refractivity contribution in [1.82, 2.24) is 14.5 Å². The minimum atomic E-state index is -0.150. The van der Waals surface area contributed by atoms with Gasteiger partial charge in [-0.15, -0.1) is 0 Å². The van der Waals surface area contributed by atoms with Gasteiger partial charge in [0.25, 0.3) is 5.56 Å². The molecule has 30 heavy (non-hydrogen) atoms. The smallest absolute Gasteiger partial charge is 0.262 e. The van der Waals surface area contributed by atoms with Crippen molar-refractivity contribution in [2.45, 2.75) is 56.1 Å². The highest BCUT2D eigenvalue weighted by Crippen LogP contribution is 2.31. The highest BCUT2D eigenvalue weighted by atomic mass is 32.2. The number of para-hydroxylation sites is 1. The summed E-state index contributed by atoms with van der Waals surface area (Å²) in [6.07, 6.45) is 5.69. The number of hydrogen-bond acceptors (Lipinski definition) is 6. The summed E-state index contributed by atoms with van der Waals surface area (Å²) in [6.45, 7) is 0.607. The lowest BCUT2D eigenvalue weighted by atomic mass is 9.95. The maximum atomic E-state index is 13.3. The van der Waals surface area contributed by atoms with Crippen molar-refractivity contribution in [3.05, 3.63) is 34.6 Å². The van der Waals surface area contributed by atoms with E-state index >= 15 is 0 Å². The largest absolute Gasteiger partial charge is 0.340 e. The van der Waals surface area contributed by atoms with Crippen LogP contribution < -0.4 is 5.56 Å². The first-order chi connectivity index (χ1) is 14.7. The average molecular weight is 424 g/mol. The predicted molar refractivity (Wildman–Crippen MR) is 116 cm³/mol. The quantitative estimate of drug-likeness (QED) is 0.474. The highest BCUT2D eigenvalue weighted by Gasteiger charge is 2.23.